The monoisotopic (exact) mass is 933 g/mol. The molecular formula is C60H88N2O6. The Morgan fingerprint density at radius 3 is 0.912 bits per heavy atom. The summed E-state index contributed by atoms with van der Waals surface area (Å²) in [6.45, 7) is 16.6. The molecule has 68 heavy (non-hydrogen) atoms. The van der Waals surface area contributed by atoms with Crippen LogP contribution < -0.4 is 28.4 Å². The predicted octanol–water partition coefficient (Wildman–Crippen LogP) is 17.6. The standard InChI is InChI=1S/C60H88N2O6/c1-7-13-19-25-35-63-53-31-33-57(65-37-27-21-15-9-3)55(45-53)51(47-61)41-49-43-60(68-40-30-24-18-12-6)50(44-59(49)67-39-29-23-17-11-5)42-52(48-62)56-46-54(64-36-26-20-14-8-2)32-34-58(56)66-38-28-22-16-10-4/h31-34,41-46H,7-30,35-40H2,1-6H3/b51-41+,52-42+. The highest BCUT2D eigenvalue weighted by molar-refractivity contribution is 5.95. The number of rotatable bonds is 40. The van der Waals surface area contributed by atoms with Crippen molar-refractivity contribution in [1.82, 2.24) is 0 Å². The van der Waals surface area contributed by atoms with Crippen molar-refractivity contribution in [3.8, 4) is 46.6 Å². The average molecular weight is 933 g/mol. The van der Waals surface area contributed by atoms with Gasteiger partial charge in [-0.15, -0.1) is 0 Å². The first kappa shape index (κ1) is 57.2. The number of unbranched alkanes of at least 4 members (excludes halogenated alkanes) is 18. The quantitative estimate of drug-likeness (QED) is 0.0316. The van der Waals surface area contributed by atoms with Crippen LogP contribution in [0.15, 0.2) is 48.5 Å². The molecule has 0 atom stereocenters. The molecule has 3 aromatic rings. The summed E-state index contributed by atoms with van der Waals surface area (Å²) in [6.07, 6.45) is 29.7. The molecular weight excluding hydrogens is 845 g/mol. The third-order valence-electron chi connectivity index (χ3n) is 12.0. The minimum absolute atomic E-state index is 0.433. The van der Waals surface area contributed by atoms with Crippen LogP contribution in [-0.4, -0.2) is 39.6 Å². The van der Waals surface area contributed by atoms with Crippen molar-refractivity contribution >= 4 is 23.3 Å². The maximum absolute atomic E-state index is 10.9. The summed E-state index contributed by atoms with van der Waals surface area (Å²) in [7, 11) is 0. The molecule has 0 heterocycles. The van der Waals surface area contributed by atoms with E-state index >= 15 is 0 Å². The third kappa shape index (κ3) is 22.4. The van der Waals surface area contributed by atoms with Gasteiger partial charge in [-0.1, -0.05) is 157 Å². The number of ether oxygens (including phenoxy) is 6. The molecule has 0 bridgehead atoms. The SMILES string of the molecule is CCCCCCOc1ccc(OCCCCCC)c(/C(C#N)=C/c2cc(OCCCCCC)c(/C=C(\C#N)c3cc(OCCCCCC)ccc3OCCCCCC)cc2OCCCCCC)c1. The normalized spacial score (nSPS) is 11.5. The van der Waals surface area contributed by atoms with Gasteiger partial charge in [-0.2, -0.15) is 10.5 Å². The van der Waals surface area contributed by atoms with Gasteiger partial charge in [0.2, 0.25) is 0 Å². The summed E-state index contributed by atoms with van der Waals surface area (Å²) in [5.41, 5.74) is 3.65. The molecule has 374 valence electrons. The second-order valence-electron chi connectivity index (χ2n) is 18.0. The van der Waals surface area contributed by atoms with Crippen LogP contribution in [-0.2, 0) is 0 Å². The molecule has 0 N–H and O–H groups in total. The molecule has 8 heteroatoms. The van der Waals surface area contributed by atoms with Crippen molar-refractivity contribution in [2.45, 2.75) is 196 Å². The van der Waals surface area contributed by atoms with E-state index in [2.05, 4.69) is 53.7 Å². The summed E-state index contributed by atoms with van der Waals surface area (Å²) in [5, 5.41) is 21.9. The molecule has 0 amide bonds. The molecule has 0 fully saturated rings. The molecule has 0 unspecified atom stereocenters. The average Bonchev–Trinajstić information content (AvgIpc) is 3.35. The zero-order valence-electron chi connectivity index (χ0n) is 43.3. The van der Waals surface area contributed by atoms with Gasteiger partial charge >= 0.3 is 0 Å². The topological polar surface area (TPSA) is 103 Å². The number of hydrogen-bond acceptors (Lipinski definition) is 8. The van der Waals surface area contributed by atoms with E-state index in [0.29, 0.717) is 108 Å². The molecule has 0 spiro atoms. The highest BCUT2D eigenvalue weighted by atomic mass is 16.5. The number of nitrogens with zero attached hydrogens (tertiary/aromatic N) is 2. The molecule has 0 saturated heterocycles. The maximum Gasteiger partial charge on any atom is 0.128 e. The second kappa shape index (κ2) is 36.9. The van der Waals surface area contributed by atoms with Crippen molar-refractivity contribution in [2.75, 3.05) is 39.6 Å². The van der Waals surface area contributed by atoms with Gasteiger partial charge in [-0.05, 0) is 99.2 Å². The minimum atomic E-state index is 0.433. The molecule has 3 aromatic carbocycles. The van der Waals surface area contributed by atoms with Gasteiger partial charge in [0.15, 0.2) is 0 Å². The Bertz CT molecular complexity index is 1830. The summed E-state index contributed by atoms with van der Waals surface area (Å²) in [4.78, 5) is 0. The van der Waals surface area contributed by atoms with Crippen LogP contribution in [0.4, 0.5) is 0 Å². The fourth-order valence-corrected chi connectivity index (χ4v) is 7.87. The van der Waals surface area contributed by atoms with Crippen molar-refractivity contribution in [2.24, 2.45) is 0 Å². The molecule has 8 nitrogen and oxygen atoms in total. The molecule has 0 aromatic heterocycles. The van der Waals surface area contributed by atoms with Crippen LogP contribution >= 0.6 is 0 Å². The van der Waals surface area contributed by atoms with Crippen molar-refractivity contribution in [3.63, 3.8) is 0 Å². The summed E-state index contributed by atoms with van der Waals surface area (Å²) >= 11 is 0. The fourth-order valence-electron chi connectivity index (χ4n) is 7.87. The molecule has 0 aliphatic rings. The Morgan fingerprint density at radius 1 is 0.353 bits per heavy atom. The Balaban J connectivity index is 2.24. The zero-order valence-corrected chi connectivity index (χ0v) is 43.3. The number of hydrogen-bond donors (Lipinski definition) is 0. The van der Waals surface area contributed by atoms with Crippen molar-refractivity contribution in [3.05, 3.63) is 70.8 Å². The van der Waals surface area contributed by atoms with Crippen LogP contribution in [0.1, 0.15) is 218 Å². The molecule has 0 aliphatic carbocycles. The van der Waals surface area contributed by atoms with Gasteiger partial charge in [0, 0.05) is 22.3 Å². The summed E-state index contributed by atoms with van der Waals surface area (Å²) < 4.78 is 38.6. The molecule has 3 rings (SSSR count). The smallest absolute Gasteiger partial charge is 0.128 e. The highest BCUT2D eigenvalue weighted by Gasteiger charge is 2.18. The van der Waals surface area contributed by atoms with Crippen molar-refractivity contribution < 1.29 is 28.4 Å². The minimum Gasteiger partial charge on any atom is -0.494 e. The number of nitriles is 2. The Hall–Kier alpha value is -5.08. The lowest BCUT2D eigenvalue weighted by Crippen LogP contribution is -2.04. The number of allylic oxidation sites excluding steroid dienone is 2. The van der Waals surface area contributed by atoms with Gasteiger partial charge in [0.05, 0.1) is 62.9 Å². The van der Waals surface area contributed by atoms with E-state index in [1.165, 1.54) is 12.8 Å². The largest absolute Gasteiger partial charge is 0.494 e. The van der Waals surface area contributed by atoms with Crippen LogP contribution in [0.25, 0.3) is 23.3 Å². The summed E-state index contributed by atoms with van der Waals surface area (Å²) in [5.74, 6) is 3.93. The fraction of sp³-hybridized carbons (Fsp3) is 0.600. The van der Waals surface area contributed by atoms with Gasteiger partial charge in [-0.25, -0.2) is 0 Å². The number of benzene rings is 3. The highest BCUT2D eigenvalue weighted by Crippen LogP contribution is 2.39. The van der Waals surface area contributed by atoms with E-state index in [4.69, 9.17) is 28.4 Å². The summed E-state index contributed by atoms with van der Waals surface area (Å²) in [6, 6.07) is 20.6. The lowest BCUT2D eigenvalue weighted by atomic mass is 9.98. The van der Waals surface area contributed by atoms with Gasteiger partial charge in [-0.3, -0.25) is 0 Å². The third-order valence-corrected chi connectivity index (χ3v) is 12.0. The van der Waals surface area contributed by atoms with E-state index in [-0.39, 0.29) is 0 Å². The maximum atomic E-state index is 10.9. The first-order valence-electron chi connectivity index (χ1n) is 26.9. The first-order valence-corrected chi connectivity index (χ1v) is 26.9. The lowest BCUT2D eigenvalue weighted by molar-refractivity contribution is 0.295. The predicted molar refractivity (Wildman–Crippen MR) is 284 cm³/mol. The van der Waals surface area contributed by atoms with Gasteiger partial charge in [0.1, 0.15) is 34.5 Å². The van der Waals surface area contributed by atoms with E-state index in [0.717, 1.165) is 141 Å². The van der Waals surface area contributed by atoms with E-state index in [1.807, 2.05) is 60.7 Å². The molecule has 0 aliphatic heterocycles. The molecule has 0 saturated carbocycles. The first-order chi connectivity index (χ1) is 33.5. The van der Waals surface area contributed by atoms with Gasteiger partial charge in [0.25, 0.3) is 0 Å². The Kier molecular flexibility index (Phi) is 31.1. The van der Waals surface area contributed by atoms with E-state index < -0.39 is 0 Å². The van der Waals surface area contributed by atoms with Gasteiger partial charge < -0.3 is 28.4 Å². The van der Waals surface area contributed by atoms with Crippen molar-refractivity contribution in [1.29, 1.82) is 10.5 Å². The Morgan fingerprint density at radius 2 is 0.632 bits per heavy atom. The van der Waals surface area contributed by atoms with Crippen LogP contribution in [0.2, 0.25) is 0 Å². The van der Waals surface area contributed by atoms with E-state index in [9.17, 15) is 10.5 Å². The Labute approximate surface area is 413 Å². The zero-order chi connectivity index (χ0) is 48.9. The van der Waals surface area contributed by atoms with E-state index in [1.54, 1.807) is 0 Å². The molecule has 0 radical (unpaired) electrons. The second-order valence-corrected chi connectivity index (χ2v) is 18.0. The van der Waals surface area contributed by atoms with Crippen LogP contribution in [0.3, 0.4) is 0 Å². The van der Waals surface area contributed by atoms with Crippen LogP contribution in [0.5, 0.6) is 34.5 Å². The lowest BCUT2D eigenvalue weighted by Gasteiger charge is -2.18. The van der Waals surface area contributed by atoms with Crippen LogP contribution in [0, 0.1) is 22.7 Å².